The number of carbonyl (C=O) groups excluding carboxylic acids is 1. The number of amides is 1. The van der Waals surface area contributed by atoms with E-state index in [1.54, 1.807) is 0 Å². The van der Waals surface area contributed by atoms with E-state index in [9.17, 15) is 4.79 Å². The second-order valence-electron chi connectivity index (χ2n) is 2.96. The lowest BCUT2D eigenvalue weighted by molar-refractivity contribution is -0.123. The number of ether oxygens (including phenoxy) is 1. The molecular weight excluding hydrogens is 172 g/mol. The van der Waals surface area contributed by atoms with E-state index in [2.05, 4.69) is 10.2 Å². The van der Waals surface area contributed by atoms with Crippen molar-refractivity contribution >= 4 is 5.91 Å². The average molecular weight is 188 g/mol. The van der Waals surface area contributed by atoms with Crippen LogP contribution in [0, 0.1) is 0 Å². The smallest absolute Gasteiger partial charge is 0.245 e. The molecule has 1 fully saturated rings. The van der Waals surface area contributed by atoms with E-state index in [4.69, 9.17) is 9.84 Å². The van der Waals surface area contributed by atoms with Crippen molar-refractivity contribution in [3.63, 3.8) is 0 Å². The van der Waals surface area contributed by atoms with Gasteiger partial charge in [-0.05, 0) is 0 Å². The first-order valence-corrected chi connectivity index (χ1v) is 4.50. The van der Waals surface area contributed by atoms with E-state index in [0.717, 1.165) is 32.8 Å². The maximum Gasteiger partial charge on any atom is 0.245 e. The first-order chi connectivity index (χ1) is 6.33. The van der Waals surface area contributed by atoms with Crippen molar-refractivity contribution in [3.8, 4) is 0 Å². The van der Waals surface area contributed by atoms with Crippen molar-refractivity contribution in [3.05, 3.63) is 0 Å². The van der Waals surface area contributed by atoms with Gasteiger partial charge in [-0.25, -0.2) is 0 Å². The van der Waals surface area contributed by atoms with Crippen molar-refractivity contribution < 1.29 is 14.6 Å². The van der Waals surface area contributed by atoms with Crippen LogP contribution in [-0.4, -0.2) is 61.9 Å². The highest BCUT2D eigenvalue weighted by Crippen LogP contribution is 1.94. The van der Waals surface area contributed by atoms with Gasteiger partial charge in [0.2, 0.25) is 5.91 Å². The summed E-state index contributed by atoms with van der Waals surface area (Å²) in [6.07, 6.45) is 0. The molecular formula is C8H16N2O3. The Morgan fingerprint density at radius 2 is 2.15 bits per heavy atom. The molecule has 5 nitrogen and oxygen atoms in total. The summed E-state index contributed by atoms with van der Waals surface area (Å²) in [5, 5.41) is 11.0. The van der Waals surface area contributed by atoms with Gasteiger partial charge in [0, 0.05) is 26.2 Å². The Morgan fingerprint density at radius 3 is 2.77 bits per heavy atom. The summed E-state index contributed by atoms with van der Waals surface area (Å²) < 4.78 is 5.18. The lowest BCUT2D eigenvalue weighted by Crippen LogP contribution is -2.41. The zero-order chi connectivity index (χ0) is 9.52. The van der Waals surface area contributed by atoms with Crippen LogP contribution in [0.25, 0.3) is 0 Å². The summed E-state index contributed by atoms with van der Waals surface area (Å²) in [7, 11) is 0. The number of nitrogens with one attached hydrogen (secondary N) is 1. The fourth-order valence-corrected chi connectivity index (χ4v) is 1.23. The van der Waals surface area contributed by atoms with Crippen LogP contribution >= 0.6 is 0 Å². The van der Waals surface area contributed by atoms with Crippen LogP contribution in [0.5, 0.6) is 0 Å². The Morgan fingerprint density at radius 1 is 1.46 bits per heavy atom. The Balaban J connectivity index is 2.01. The van der Waals surface area contributed by atoms with Gasteiger partial charge >= 0.3 is 0 Å². The average Bonchev–Trinajstić information content (AvgIpc) is 2.19. The Kier molecular flexibility index (Phi) is 4.74. The quantitative estimate of drug-likeness (QED) is 0.559. The van der Waals surface area contributed by atoms with Crippen LogP contribution in [0.2, 0.25) is 0 Å². The maximum atomic E-state index is 10.6. The molecule has 76 valence electrons. The third-order valence-corrected chi connectivity index (χ3v) is 2.00. The molecule has 2 N–H and O–H groups in total. The minimum absolute atomic E-state index is 0.312. The lowest BCUT2D eigenvalue weighted by atomic mass is 10.4. The molecule has 0 atom stereocenters. The molecule has 0 bridgehead atoms. The van der Waals surface area contributed by atoms with Gasteiger partial charge in [-0.2, -0.15) is 0 Å². The van der Waals surface area contributed by atoms with E-state index in [0.29, 0.717) is 6.54 Å². The third-order valence-electron chi connectivity index (χ3n) is 2.00. The number of hydrogen-bond acceptors (Lipinski definition) is 4. The summed E-state index contributed by atoms with van der Waals surface area (Å²) in [5.41, 5.74) is 0. The molecule has 0 unspecified atom stereocenters. The second kappa shape index (κ2) is 5.90. The van der Waals surface area contributed by atoms with Crippen molar-refractivity contribution in [1.29, 1.82) is 0 Å². The van der Waals surface area contributed by atoms with E-state index >= 15 is 0 Å². The van der Waals surface area contributed by atoms with Crippen molar-refractivity contribution in [2.45, 2.75) is 0 Å². The van der Waals surface area contributed by atoms with Crippen LogP contribution in [0.1, 0.15) is 0 Å². The largest absolute Gasteiger partial charge is 0.387 e. The highest BCUT2D eigenvalue weighted by molar-refractivity contribution is 5.76. The van der Waals surface area contributed by atoms with Crippen LogP contribution < -0.4 is 5.32 Å². The molecule has 1 aliphatic heterocycles. The SMILES string of the molecule is O=C(CO)NCCN1CCOCC1. The summed E-state index contributed by atoms with van der Waals surface area (Å²) in [6, 6.07) is 0. The predicted octanol–water partition coefficient (Wildman–Crippen LogP) is -1.57. The van der Waals surface area contributed by atoms with Gasteiger partial charge in [-0.15, -0.1) is 0 Å². The molecule has 0 radical (unpaired) electrons. The van der Waals surface area contributed by atoms with Gasteiger partial charge in [0.15, 0.2) is 0 Å². The van der Waals surface area contributed by atoms with Gasteiger partial charge in [-0.1, -0.05) is 0 Å². The molecule has 5 heteroatoms. The molecule has 0 aromatic rings. The Labute approximate surface area is 77.7 Å². The standard InChI is InChI=1S/C8H16N2O3/c11-7-8(12)9-1-2-10-3-5-13-6-4-10/h11H,1-7H2,(H,9,12). The Bertz CT molecular complexity index is 157. The molecule has 1 saturated heterocycles. The van der Waals surface area contributed by atoms with Crippen molar-refractivity contribution in [1.82, 2.24) is 10.2 Å². The van der Waals surface area contributed by atoms with Crippen LogP contribution in [0.3, 0.4) is 0 Å². The lowest BCUT2D eigenvalue weighted by Gasteiger charge is -2.26. The van der Waals surface area contributed by atoms with Crippen LogP contribution in [0.4, 0.5) is 0 Å². The highest BCUT2D eigenvalue weighted by Gasteiger charge is 2.09. The van der Waals surface area contributed by atoms with E-state index in [-0.39, 0.29) is 5.91 Å². The topological polar surface area (TPSA) is 61.8 Å². The van der Waals surface area contributed by atoms with Crippen molar-refractivity contribution in [2.24, 2.45) is 0 Å². The van der Waals surface area contributed by atoms with Gasteiger partial charge in [0.25, 0.3) is 0 Å². The van der Waals surface area contributed by atoms with E-state index < -0.39 is 6.61 Å². The van der Waals surface area contributed by atoms with Crippen LogP contribution in [0.15, 0.2) is 0 Å². The van der Waals surface area contributed by atoms with Crippen LogP contribution in [-0.2, 0) is 9.53 Å². The molecule has 0 saturated carbocycles. The molecule has 1 aliphatic rings. The zero-order valence-electron chi connectivity index (χ0n) is 7.66. The normalized spacial score (nSPS) is 18.5. The van der Waals surface area contributed by atoms with E-state index in [1.807, 2.05) is 0 Å². The predicted molar refractivity (Wildman–Crippen MR) is 47.4 cm³/mol. The molecule has 1 amide bonds. The molecule has 13 heavy (non-hydrogen) atoms. The fraction of sp³-hybridized carbons (Fsp3) is 0.875. The van der Waals surface area contributed by atoms with Gasteiger partial charge in [0.1, 0.15) is 6.61 Å². The maximum absolute atomic E-state index is 10.6. The summed E-state index contributed by atoms with van der Waals surface area (Å²) >= 11 is 0. The summed E-state index contributed by atoms with van der Waals surface area (Å²) in [4.78, 5) is 12.9. The number of nitrogens with zero attached hydrogens (tertiary/aromatic N) is 1. The van der Waals surface area contributed by atoms with Gasteiger partial charge in [-0.3, -0.25) is 9.69 Å². The second-order valence-corrected chi connectivity index (χ2v) is 2.96. The minimum Gasteiger partial charge on any atom is -0.387 e. The minimum atomic E-state index is -0.427. The molecule has 1 rings (SSSR count). The molecule has 0 aliphatic carbocycles. The fourth-order valence-electron chi connectivity index (χ4n) is 1.23. The number of aliphatic hydroxyl groups is 1. The molecule has 1 heterocycles. The molecule has 0 aromatic heterocycles. The monoisotopic (exact) mass is 188 g/mol. The van der Waals surface area contributed by atoms with E-state index in [1.165, 1.54) is 0 Å². The highest BCUT2D eigenvalue weighted by atomic mass is 16.5. The third kappa shape index (κ3) is 4.21. The number of aliphatic hydroxyl groups excluding tert-OH is 1. The number of hydrogen-bond donors (Lipinski definition) is 2. The number of rotatable bonds is 4. The number of carbonyl (C=O) groups is 1. The zero-order valence-corrected chi connectivity index (χ0v) is 7.66. The summed E-state index contributed by atoms with van der Waals surface area (Å²) in [5.74, 6) is -0.312. The first kappa shape index (κ1) is 10.4. The molecule has 0 aromatic carbocycles. The van der Waals surface area contributed by atoms with Crippen molar-refractivity contribution in [2.75, 3.05) is 46.0 Å². The summed E-state index contributed by atoms with van der Waals surface area (Å²) in [6.45, 7) is 4.39. The van der Waals surface area contributed by atoms with Gasteiger partial charge in [0.05, 0.1) is 13.2 Å². The Hall–Kier alpha value is -0.650. The molecule has 0 spiro atoms. The first-order valence-electron chi connectivity index (χ1n) is 4.50. The number of morpholine rings is 1. The van der Waals surface area contributed by atoms with Gasteiger partial charge < -0.3 is 15.2 Å².